The minimum atomic E-state index is -0.223. The Hall–Kier alpha value is -3.14. The third-order valence-corrected chi connectivity index (χ3v) is 4.11. The van der Waals surface area contributed by atoms with E-state index in [2.05, 4.69) is 21.4 Å². The standard InChI is InChI=1S/C18H18N4O3/c1-24-17-9-15(4-2-12(17)10-19)25-14-5-3-13(8-14)22-18(23)16-11-20-6-7-21-16/h2,4,6-7,9,11,13-14H,3,5,8H2,1H3,(H,22,23)/t13-,14+/m1/s1. The molecule has 0 spiro atoms. The van der Waals surface area contributed by atoms with Crippen LogP contribution in [-0.2, 0) is 0 Å². The van der Waals surface area contributed by atoms with Crippen LogP contribution in [0.2, 0.25) is 0 Å². The third-order valence-electron chi connectivity index (χ3n) is 4.11. The molecule has 3 rings (SSSR count). The summed E-state index contributed by atoms with van der Waals surface area (Å²) in [6.45, 7) is 0. The molecule has 1 N–H and O–H groups in total. The second kappa shape index (κ2) is 7.62. The largest absolute Gasteiger partial charge is 0.495 e. The number of nitriles is 1. The fourth-order valence-electron chi connectivity index (χ4n) is 2.88. The Bertz CT molecular complexity index is 789. The summed E-state index contributed by atoms with van der Waals surface area (Å²) < 4.78 is 11.2. The molecule has 0 aliphatic heterocycles. The van der Waals surface area contributed by atoms with Gasteiger partial charge in [-0.15, -0.1) is 0 Å². The van der Waals surface area contributed by atoms with Gasteiger partial charge in [0.05, 0.1) is 18.9 Å². The lowest BCUT2D eigenvalue weighted by Crippen LogP contribution is -2.34. The van der Waals surface area contributed by atoms with Gasteiger partial charge in [-0.3, -0.25) is 9.78 Å². The Morgan fingerprint density at radius 2 is 2.24 bits per heavy atom. The molecular formula is C18H18N4O3. The third kappa shape index (κ3) is 4.04. The SMILES string of the molecule is COc1cc(O[C@H]2CC[C@@H](NC(=O)c3cnccn3)C2)ccc1C#N. The van der Waals surface area contributed by atoms with Crippen LogP contribution in [0.5, 0.6) is 11.5 Å². The van der Waals surface area contributed by atoms with Crippen LogP contribution in [0.4, 0.5) is 0 Å². The van der Waals surface area contributed by atoms with Crippen LogP contribution in [-0.4, -0.2) is 35.1 Å². The summed E-state index contributed by atoms with van der Waals surface area (Å²) in [5, 5.41) is 12.0. The molecule has 0 bridgehead atoms. The van der Waals surface area contributed by atoms with E-state index >= 15 is 0 Å². The molecule has 7 heteroatoms. The Morgan fingerprint density at radius 1 is 1.36 bits per heavy atom. The van der Waals surface area contributed by atoms with E-state index in [0.717, 1.165) is 12.8 Å². The summed E-state index contributed by atoms with van der Waals surface area (Å²) in [7, 11) is 1.52. The molecule has 1 aromatic heterocycles. The van der Waals surface area contributed by atoms with Gasteiger partial charge in [-0.1, -0.05) is 0 Å². The van der Waals surface area contributed by atoms with Crippen molar-refractivity contribution in [3.05, 3.63) is 48.0 Å². The highest BCUT2D eigenvalue weighted by Gasteiger charge is 2.28. The lowest BCUT2D eigenvalue weighted by Gasteiger charge is -2.16. The number of hydrogen-bond acceptors (Lipinski definition) is 6. The number of hydrogen-bond donors (Lipinski definition) is 1. The highest BCUT2D eigenvalue weighted by Crippen LogP contribution is 2.29. The molecule has 0 unspecified atom stereocenters. The van der Waals surface area contributed by atoms with Crippen LogP contribution in [0.15, 0.2) is 36.8 Å². The van der Waals surface area contributed by atoms with E-state index in [1.54, 1.807) is 18.2 Å². The first-order valence-electron chi connectivity index (χ1n) is 8.01. The highest BCUT2D eigenvalue weighted by molar-refractivity contribution is 5.92. The molecule has 1 aliphatic rings. The van der Waals surface area contributed by atoms with E-state index in [0.29, 0.717) is 29.2 Å². The highest BCUT2D eigenvalue weighted by atomic mass is 16.5. The number of ether oxygens (including phenoxy) is 2. The first-order valence-corrected chi connectivity index (χ1v) is 8.01. The molecular weight excluding hydrogens is 320 g/mol. The lowest BCUT2D eigenvalue weighted by atomic mass is 10.2. The van der Waals surface area contributed by atoms with Crippen LogP contribution in [0.25, 0.3) is 0 Å². The Balaban J connectivity index is 1.57. The molecule has 2 aromatic rings. The van der Waals surface area contributed by atoms with Gasteiger partial charge >= 0.3 is 0 Å². The quantitative estimate of drug-likeness (QED) is 0.896. The number of methoxy groups -OCH3 is 1. The smallest absolute Gasteiger partial charge is 0.271 e. The molecule has 7 nitrogen and oxygen atoms in total. The topological polar surface area (TPSA) is 97.1 Å². The average molecular weight is 338 g/mol. The number of nitrogens with one attached hydrogen (secondary N) is 1. The minimum absolute atomic E-state index is 0.00444. The normalized spacial score (nSPS) is 19.0. The predicted molar refractivity (Wildman–Crippen MR) is 89.3 cm³/mol. The van der Waals surface area contributed by atoms with Gasteiger partial charge in [0, 0.05) is 30.9 Å². The van der Waals surface area contributed by atoms with E-state index in [9.17, 15) is 4.79 Å². The van der Waals surface area contributed by atoms with Crippen molar-refractivity contribution in [1.82, 2.24) is 15.3 Å². The van der Waals surface area contributed by atoms with Crippen molar-refractivity contribution in [3.8, 4) is 17.6 Å². The molecule has 1 saturated carbocycles. The average Bonchev–Trinajstić information content (AvgIpc) is 3.09. The zero-order valence-electron chi connectivity index (χ0n) is 13.8. The fourth-order valence-corrected chi connectivity index (χ4v) is 2.88. The summed E-state index contributed by atoms with van der Waals surface area (Å²) >= 11 is 0. The number of carbonyl (C=O) groups is 1. The Kier molecular flexibility index (Phi) is 5.09. The van der Waals surface area contributed by atoms with E-state index < -0.39 is 0 Å². The number of nitrogens with zero attached hydrogens (tertiary/aromatic N) is 3. The molecule has 2 atom stereocenters. The Labute approximate surface area is 145 Å². The Morgan fingerprint density at radius 3 is 2.96 bits per heavy atom. The lowest BCUT2D eigenvalue weighted by molar-refractivity contribution is 0.0929. The molecule has 0 saturated heterocycles. The minimum Gasteiger partial charge on any atom is -0.495 e. The molecule has 25 heavy (non-hydrogen) atoms. The van der Waals surface area contributed by atoms with Crippen molar-refractivity contribution in [2.75, 3.05) is 7.11 Å². The number of amides is 1. The van der Waals surface area contributed by atoms with Crippen molar-refractivity contribution in [3.63, 3.8) is 0 Å². The molecule has 1 aromatic carbocycles. The second-order valence-corrected chi connectivity index (χ2v) is 5.79. The first kappa shape index (κ1) is 16.7. The summed E-state index contributed by atoms with van der Waals surface area (Å²) in [6, 6.07) is 7.26. The van der Waals surface area contributed by atoms with Crippen molar-refractivity contribution >= 4 is 5.91 Å². The van der Waals surface area contributed by atoms with Crippen LogP contribution in [0, 0.1) is 11.3 Å². The summed E-state index contributed by atoms with van der Waals surface area (Å²) in [5.74, 6) is 0.922. The van der Waals surface area contributed by atoms with E-state index in [1.165, 1.54) is 25.7 Å². The molecule has 1 aliphatic carbocycles. The van der Waals surface area contributed by atoms with E-state index in [1.807, 2.05) is 0 Å². The van der Waals surface area contributed by atoms with Gasteiger partial charge in [-0.05, 0) is 25.0 Å². The van der Waals surface area contributed by atoms with Crippen LogP contribution in [0.3, 0.4) is 0 Å². The summed E-state index contributed by atoms with van der Waals surface area (Å²) in [4.78, 5) is 20.0. The van der Waals surface area contributed by atoms with Gasteiger partial charge in [0.25, 0.3) is 5.91 Å². The monoisotopic (exact) mass is 338 g/mol. The van der Waals surface area contributed by atoms with Crippen molar-refractivity contribution in [1.29, 1.82) is 5.26 Å². The van der Waals surface area contributed by atoms with Crippen LogP contribution < -0.4 is 14.8 Å². The van der Waals surface area contributed by atoms with Crippen molar-refractivity contribution < 1.29 is 14.3 Å². The molecule has 128 valence electrons. The predicted octanol–water partition coefficient (Wildman–Crippen LogP) is 2.09. The van der Waals surface area contributed by atoms with Gasteiger partial charge in [0.1, 0.15) is 29.4 Å². The maximum atomic E-state index is 12.1. The number of benzene rings is 1. The van der Waals surface area contributed by atoms with E-state index in [4.69, 9.17) is 14.7 Å². The summed E-state index contributed by atoms with van der Waals surface area (Å²) in [6.07, 6.45) is 6.87. The van der Waals surface area contributed by atoms with Gasteiger partial charge in [0.15, 0.2) is 0 Å². The maximum absolute atomic E-state index is 12.1. The summed E-state index contributed by atoms with van der Waals surface area (Å²) in [5.41, 5.74) is 0.777. The second-order valence-electron chi connectivity index (χ2n) is 5.79. The number of rotatable bonds is 5. The van der Waals surface area contributed by atoms with E-state index in [-0.39, 0.29) is 18.1 Å². The first-order chi connectivity index (χ1) is 12.2. The van der Waals surface area contributed by atoms with Gasteiger partial charge < -0.3 is 14.8 Å². The van der Waals surface area contributed by atoms with Crippen LogP contribution in [0.1, 0.15) is 35.3 Å². The molecule has 1 heterocycles. The van der Waals surface area contributed by atoms with Crippen LogP contribution >= 0.6 is 0 Å². The van der Waals surface area contributed by atoms with Crippen molar-refractivity contribution in [2.45, 2.75) is 31.4 Å². The molecule has 1 amide bonds. The van der Waals surface area contributed by atoms with Gasteiger partial charge in [0.2, 0.25) is 0 Å². The zero-order valence-corrected chi connectivity index (χ0v) is 13.8. The fraction of sp³-hybridized carbons (Fsp3) is 0.333. The maximum Gasteiger partial charge on any atom is 0.271 e. The zero-order chi connectivity index (χ0) is 17.6. The number of carbonyl (C=O) groups excluding carboxylic acids is 1. The molecule has 1 fully saturated rings. The van der Waals surface area contributed by atoms with Gasteiger partial charge in [-0.2, -0.15) is 5.26 Å². The van der Waals surface area contributed by atoms with Crippen molar-refractivity contribution in [2.24, 2.45) is 0 Å². The molecule has 0 radical (unpaired) electrons. The number of aromatic nitrogens is 2. The van der Waals surface area contributed by atoms with Gasteiger partial charge in [-0.25, -0.2) is 4.98 Å².